The molecule has 2 heterocycles. The quantitative estimate of drug-likeness (QED) is 0.351. The topological polar surface area (TPSA) is 124 Å². The van der Waals surface area contributed by atoms with Gasteiger partial charge in [0.2, 0.25) is 11.0 Å². The molecule has 0 aliphatic carbocycles. The molecule has 0 saturated carbocycles. The molecular formula is C5H10BO10PS2. The molecule has 19 heavy (non-hydrogen) atoms. The lowest BCUT2D eigenvalue weighted by molar-refractivity contribution is -0.0863. The molecule has 2 fully saturated rings. The summed E-state index contributed by atoms with van der Waals surface area (Å²) in [5.41, 5.74) is -0.634. The minimum Gasteiger partial charge on any atom is -0.384 e. The van der Waals surface area contributed by atoms with Crippen molar-refractivity contribution in [1.82, 2.24) is 0 Å². The lowest BCUT2D eigenvalue weighted by Gasteiger charge is -2.40. The first-order valence-corrected chi connectivity index (χ1v) is 8.21. The second-order valence-corrected chi connectivity index (χ2v) is 6.54. The van der Waals surface area contributed by atoms with Crippen LogP contribution >= 0.6 is 8.60 Å². The van der Waals surface area contributed by atoms with Crippen molar-refractivity contribution in [2.75, 3.05) is 26.4 Å². The molecule has 2 rings (SSSR count). The van der Waals surface area contributed by atoms with Gasteiger partial charge in [0.25, 0.3) is 11.0 Å². The van der Waals surface area contributed by atoms with E-state index in [1.165, 1.54) is 0 Å². The Morgan fingerprint density at radius 2 is 1.53 bits per heavy atom. The fourth-order valence-corrected chi connectivity index (χ4v) is 3.34. The van der Waals surface area contributed by atoms with Crippen molar-refractivity contribution in [2.24, 2.45) is 5.41 Å². The lowest BCUT2D eigenvalue weighted by Crippen LogP contribution is -2.51. The fraction of sp³-hybridized carbons (Fsp3) is 1.00. The molecule has 0 aromatic rings. The average molecular weight is 336 g/mol. The van der Waals surface area contributed by atoms with Gasteiger partial charge in [0.05, 0.1) is 18.6 Å². The zero-order chi connectivity index (χ0) is 13.9. The van der Waals surface area contributed by atoms with Gasteiger partial charge >= 0.3 is 15.9 Å². The highest BCUT2D eigenvalue weighted by atomic mass is 32.2. The van der Waals surface area contributed by atoms with Crippen molar-refractivity contribution in [2.45, 2.75) is 0 Å². The Labute approximate surface area is 113 Å². The molecule has 0 amide bonds. The Balaban J connectivity index is 1.81. The molecule has 1 spiro atoms. The first-order valence-electron chi connectivity index (χ1n) is 4.92. The van der Waals surface area contributed by atoms with Gasteiger partial charge in [-0.2, -0.15) is 3.97 Å². The van der Waals surface area contributed by atoms with E-state index >= 15 is 0 Å². The van der Waals surface area contributed by atoms with Gasteiger partial charge in [0, 0.05) is 13.2 Å². The Morgan fingerprint density at radius 3 is 2.00 bits per heavy atom. The van der Waals surface area contributed by atoms with Crippen LogP contribution in [0.1, 0.15) is 0 Å². The molecule has 0 radical (unpaired) electrons. The van der Waals surface area contributed by atoms with Gasteiger partial charge in [0.1, 0.15) is 0 Å². The van der Waals surface area contributed by atoms with E-state index < -0.39 is 43.3 Å². The highest BCUT2D eigenvalue weighted by Gasteiger charge is 2.45. The highest BCUT2D eigenvalue weighted by molar-refractivity contribution is 7.73. The molecular weight excluding hydrogens is 326 g/mol. The van der Waals surface area contributed by atoms with Crippen LogP contribution in [0.25, 0.3) is 0 Å². The van der Waals surface area contributed by atoms with E-state index in [4.69, 9.17) is 18.4 Å². The van der Waals surface area contributed by atoms with Crippen molar-refractivity contribution in [1.29, 1.82) is 0 Å². The van der Waals surface area contributed by atoms with Gasteiger partial charge in [-0.25, -0.2) is 16.8 Å². The zero-order valence-corrected chi connectivity index (χ0v) is 12.0. The molecule has 0 unspecified atom stereocenters. The van der Waals surface area contributed by atoms with Gasteiger partial charge in [0.15, 0.2) is 0 Å². The maximum absolute atomic E-state index is 10.3. The normalized spacial score (nSPS) is 24.4. The van der Waals surface area contributed by atoms with Crippen molar-refractivity contribution in [3.63, 3.8) is 0 Å². The molecule has 2 aliphatic heterocycles. The Kier molecular flexibility index (Phi) is 5.51. The summed E-state index contributed by atoms with van der Waals surface area (Å²) in [5.74, 6) is 0. The summed E-state index contributed by atoms with van der Waals surface area (Å²) in [6.07, 6.45) is 0. The van der Waals surface area contributed by atoms with Crippen LogP contribution in [0.3, 0.4) is 0 Å². The van der Waals surface area contributed by atoms with Gasteiger partial charge in [-0.3, -0.25) is 4.10 Å². The Bertz CT molecular complexity index is 387. The third kappa shape index (κ3) is 4.58. The molecule has 2 aliphatic rings. The van der Waals surface area contributed by atoms with Crippen molar-refractivity contribution in [3.05, 3.63) is 0 Å². The maximum Gasteiger partial charge on any atom is 0.654 e. The first-order chi connectivity index (χ1) is 8.99. The number of hydrogen-bond donors (Lipinski definition) is 2. The molecule has 0 atom stereocenters. The second-order valence-electron chi connectivity index (χ2n) is 3.82. The standard InChI is InChI=1S/C5H10BO10PS2/c7-18(8)15-6-11-1-5(2-12-6)3-13-17(14-4-5)16-19(9)10/h18-19H,1-4H2. The highest BCUT2D eigenvalue weighted by Crippen LogP contribution is 2.47. The van der Waals surface area contributed by atoms with Crippen molar-refractivity contribution < 1.29 is 43.3 Å². The van der Waals surface area contributed by atoms with Crippen LogP contribution in [0.5, 0.6) is 0 Å². The predicted octanol–water partition coefficient (Wildman–Crippen LogP) is -1.64. The third-order valence-corrected chi connectivity index (χ3v) is 4.40. The molecule has 0 bridgehead atoms. The molecule has 0 aromatic heterocycles. The van der Waals surface area contributed by atoms with Crippen LogP contribution in [0.2, 0.25) is 0 Å². The zero-order valence-electron chi connectivity index (χ0n) is 9.33. The minimum atomic E-state index is -3.07. The maximum atomic E-state index is 10.3. The molecule has 110 valence electrons. The summed E-state index contributed by atoms with van der Waals surface area (Å²) in [6.45, 7) is 0.400. The van der Waals surface area contributed by atoms with Gasteiger partial charge < -0.3 is 18.4 Å². The van der Waals surface area contributed by atoms with E-state index in [-0.39, 0.29) is 26.4 Å². The van der Waals surface area contributed by atoms with Gasteiger partial charge in [-0.1, -0.05) is 0 Å². The van der Waals surface area contributed by atoms with Crippen LogP contribution in [-0.2, 0) is 48.4 Å². The van der Waals surface area contributed by atoms with Gasteiger partial charge in [-0.05, 0) is 0 Å². The van der Waals surface area contributed by atoms with E-state index in [9.17, 15) is 16.8 Å². The second kappa shape index (κ2) is 6.74. The number of rotatable bonds is 4. The van der Waals surface area contributed by atoms with Crippen LogP contribution in [0.15, 0.2) is 0 Å². The van der Waals surface area contributed by atoms with Crippen LogP contribution in [0.4, 0.5) is 0 Å². The summed E-state index contributed by atoms with van der Waals surface area (Å²) in [5, 5.41) is 0. The molecule has 2 saturated heterocycles. The third-order valence-electron chi connectivity index (χ3n) is 2.31. The SMILES string of the molecule is O=[SH](=O)OB1OCC2(CO1)COP(O[SH](=O)=O)OC2. The molecule has 0 aromatic carbocycles. The predicted molar refractivity (Wildman–Crippen MR) is 61.7 cm³/mol. The van der Waals surface area contributed by atoms with Gasteiger partial charge in [-0.15, -0.1) is 0 Å². The summed E-state index contributed by atoms with van der Waals surface area (Å²) >= 11 is 0. The fourth-order valence-electron chi connectivity index (χ4n) is 1.44. The van der Waals surface area contributed by atoms with Crippen molar-refractivity contribution >= 4 is 37.9 Å². The monoisotopic (exact) mass is 336 g/mol. The van der Waals surface area contributed by atoms with E-state index in [0.717, 1.165) is 0 Å². The van der Waals surface area contributed by atoms with Crippen LogP contribution in [-0.4, -0.2) is 50.6 Å². The van der Waals surface area contributed by atoms with E-state index in [1.807, 2.05) is 0 Å². The molecule has 10 nitrogen and oxygen atoms in total. The lowest BCUT2D eigenvalue weighted by atomic mass is 9.89. The number of hydrogen-bond acceptors (Lipinski definition) is 10. The Morgan fingerprint density at radius 1 is 0.947 bits per heavy atom. The first kappa shape index (κ1) is 15.5. The largest absolute Gasteiger partial charge is 0.654 e. The van der Waals surface area contributed by atoms with E-state index in [0.29, 0.717) is 0 Å². The summed E-state index contributed by atoms with van der Waals surface area (Å²) < 4.78 is 70.3. The molecule has 14 heteroatoms. The number of thiol groups is 2. The smallest absolute Gasteiger partial charge is 0.384 e. The van der Waals surface area contributed by atoms with Crippen LogP contribution in [0, 0.1) is 5.41 Å². The summed E-state index contributed by atoms with van der Waals surface area (Å²) in [4.78, 5) is 0. The average Bonchev–Trinajstić information content (AvgIpc) is 2.34. The summed E-state index contributed by atoms with van der Waals surface area (Å²) in [6, 6.07) is 0. The van der Waals surface area contributed by atoms with E-state index in [1.54, 1.807) is 0 Å². The summed E-state index contributed by atoms with van der Waals surface area (Å²) in [7, 11) is -9.30. The van der Waals surface area contributed by atoms with Crippen LogP contribution < -0.4 is 0 Å². The molecule has 0 N–H and O–H groups in total. The van der Waals surface area contributed by atoms with Crippen molar-refractivity contribution in [3.8, 4) is 0 Å². The minimum absolute atomic E-state index is 0.0908. The van der Waals surface area contributed by atoms with E-state index in [2.05, 4.69) is 8.07 Å². The Hall–Kier alpha value is 0.155.